The molecule has 1 aliphatic heterocycles. The van der Waals surface area contributed by atoms with Crippen molar-refractivity contribution in [2.24, 2.45) is 0 Å². The zero-order chi connectivity index (χ0) is 16.4. The SMILES string of the molecule is Clc1ccc(C2CCc3ccccc3N(Cc3ncc[nH]3)C2)cc1. The lowest BCUT2D eigenvalue weighted by atomic mass is 9.93. The number of hydrogen-bond acceptors (Lipinski definition) is 2. The molecular formula is C20H20ClN3. The molecule has 2 heterocycles. The van der Waals surface area contributed by atoms with E-state index < -0.39 is 0 Å². The number of nitrogens with one attached hydrogen (secondary N) is 1. The Labute approximate surface area is 147 Å². The van der Waals surface area contributed by atoms with E-state index in [1.807, 2.05) is 24.5 Å². The molecule has 0 bridgehead atoms. The van der Waals surface area contributed by atoms with E-state index in [1.165, 1.54) is 16.8 Å². The van der Waals surface area contributed by atoms with Gasteiger partial charge in [-0.3, -0.25) is 0 Å². The van der Waals surface area contributed by atoms with Gasteiger partial charge in [-0.1, -0.05) is 41.9 Å². The normalized spacial score (nSPS) is 17.4. The fourth-order valence-corrected chi connectivity index (χ4v) is 3.66. The highest BCUT2D eigenvalue weighted by Gasteiger charge is 2.23. The fourth-order valence-electron chi connectivity index (χ4n) is 3.54. The Balaban J connectivity index is 1.66. The molecule has 0 spiro atoms. The van der Waals surface area contributed by atoms with Crippen LogP contribution in [0.1, 0.15) is 29.3 Å². The van der Waals surface area contributed by atoms with Crippen LogP contribution in [-0.4, -0.2) is 16.5 Å². The number of halogens is 1. The Bertz CT molecular complexity index is 796. The molecule has 1 aliphatic rings. The Morgan fingerprint density at radius 2 is 1.96 bits per heavy atom. The van der Waals surface area contributed by atoms with Gasteiger partial charge in [-0.05, 0) is 42.2 Å². The molecule has 2 aromatic carbocycles. The van der Waals surface area contributed by atoms with Gasteiger partial charge in [-0.15, -0.1) is 0 Å². The summed E-state index contributed by atoms with van der Waals surface area (Å²) in [5.74, 6) is 1.49. The molecule has 0 aliphatic carbocycles. The lowest BCUT2D eigenvalue weighted by molar-refractivity contribution is 0.612. The Hall–Kier alpha value is -2.26. The largest absolute Gasteiger partial charge is 0.363 e. The Morgan fingerprint density at radius 1 is 1.12 bits per heavy atom. The average Bonchev–Trinajstić information content (AvgIpc) is 3.05. The number of para-hydroxylation sites is 1. The number of nitrogens with zero attached hydrogens (tertiary/aromatic N) is 2. The predicted molar refractivity (Wildman–Crippen MR) is 98.6 cm³/mol. The maximum absolute atomic E-state index is 6.06. The third-order valence-corrected chi connectivity index (χ3v) is 5.02. The summed E-state index contributed by atoms with van der Waals surface area (Å²) in [4.78, 5) is 10.1. The Kier molecular flexibility index (Phi) is 4.26. The molecule has 1 unspecified atom stereocenters. The van der Waals surface area contributed by atoms with Crippen LogP contribution in [0, 0.1) is 0 Å². The molecule has 1 N–H and O–H groups in total. The zero-order valence-corrected chi connectivity index (χ0v) is 14.2. The monoisotopic (exact) mass is 337 g/mol. The van der Waals surface area contributed by atoms with E-state index in [9.17, 15) is 0 Å². The minimum absolute atomic E-state index is 0.490. The van der Waals surface area contributed by atoms with Crippen molar-refractivity contribution in [3.8, 4) is 0 Å². The van der Waals surface area contributed by atoms with Crippen molar-refractivity contribution >= 4 is 17.3 Å². The average molecular weight is 338 g/mol. The lowest BCUT2D eigenvalue weighted by Gasteiger charge is -2.27. The van der Waals surface area contributed by atoms with E-state index in [2.05, 4.69) is 51.3 Å². The number of aromatic nitrogens is 2. The predicted octanol–water partition coefficient (Wildman–Crippen LogP) is 4.80. The van der Waals surface area contributed by atoms with Crippen molar-refractivity contribution in [1.82, 2.24) is 9.97 Å². The number of rotatable bonds is 3. The first-order valence-corrected chi connectivity index (χ1v) is 8.74. The minimum atomic E-state index is 0.490. The standard InChI is InChI=1S/C20H20ClN3/c21-18-9-7-15(8-10-18)17-6-5-16-3-1-2-4-19(16)24(13-17)14-20-22-11-12-23-20/h1-4,7-12,17H,5-6,13-14H2,(H,22,23). The van der Waals surface area contributed by atoms with Crippen molar-refractivity contribution in [2.45, 2.75) is 25.3 Å². The Morgan fingerprint density at radius 3 is 2.75 bits per heavy atom. The first-order chi connectivity index (χ1) is 11.8. The quantitative estimate of drug-likeness (QED) is 0.744. The number of H-pyrrole nitrogens is 1. The second-order valence-corrected chi connectivity index (χ2v) is 6.77. The lowest BCUT2D eigenvalue weighted by Crippen LogP contribution is -2.27. The van der Waals surface area contributed by atoms with Gasteiger partial charge in [0.1, 0.15) is 5.82 Å². The number of benzene rings is 2. The molecule has 4 heteroatoms. The van der Waals surface area contributed by atoms with Crippen molar-refractivity contribution < 1.29 is 0 Å². The summed E-state index contributed by atoms with van der Waals surface area (Å²) in [6.45, 7) is 1.79. The summed E-state index contributed by atoms with van der Waals surface area (Å²) in [6, 6.07) is 17.0. The topological polar surface area (TPSA) is 31.9 Å². The van der Waals surface area contributed by atoms with Crippen molar-refractivity contribution in [2.75, 3.05) is 11.4 Å². The number of hydrogen-bond donors (Lipinski definition) is 1. The number of fused-ring (bicyclic) bond motifs is 1. The minimum Gasteiger partial charge on any atom is -0.363 e. The third kappa shape index (κ3) is 3.17. The molecule has 1 atom stereocenters. The highest BCUT2D eigenvalue weighted by atomic mass is 35.5. The van der Waals surface area contributed by atoms with Crippen LogP contribution in [0.3, 0.4) is 0 Å². The van der Waals surface area contributed by atoms with Crippen molar-refractivity contribution in [3.63, 3.8) is 0 Å². The third-order valence-electron chi connectivity index (χ3n) is 4.77. The molecule has 0 amide bonds. The number of aromatic amines is 1. The second kappa shape index (κ2) is 6.70. The van der Waals surface area contributed by atoms with Gasteiger partial charge in [-0.25, -0.2) is 4.98 Å². The number of imidazole rings is 1. The number of aryl methyl sites for hydroxylation is 1. The molecule has 0 saturated heterocycles. The smallest absolute Gasteiger partial charge is 0.125 e. The molecule has 0 fully saturated rings. The van der Waals surface area contributed by atoms with E-state index in [0.717, 1.165) is 36.8 Å². The summed E-state index contributed by atoms with van der Waals surface area (Å²) >= 11 is 6.06. The zero-order valence-electron chi connectivity index (χ0n) is 13.5. The molecular weight excluding hydrogens is 318 g/mol. The fraction of sp³-hybridized carbons (Fsp3) is 0.250. The van der Waals surface area contributed by atoms with Crippen molar-refractivity contribution in [3.05, 3.63) is 82.9 Å². The van der Waals surface area contributed by atoms with Crippen molar-refractivity contribution in [1.29, 1.82) is 0 Å². The molecule has 0 radical (unpaired) electrons. The van der Waals surface area contributed by atoms with E-state index in [0.29, 0.717) is 5.92 Å². The molecule has 1 aromatic heterocycles. The van der Waals surface area contributed by atoms with Crippen LogP contribution in [0.15, 0.2) is 60.9 Å². The van der Waals surface area contributed by atoms with E-state index in [-0.39, 0.29) is 0 Å². The summed E-state index contributed by atoms with van der Waals surface area (Å²) in [6.07, 6.45) is 5.94. The first-order valence-electron chi connectivity index (χ1n) is 8.36. The van der Waals surface area contributed by atoms with Crippen LogP contribution in [-0.2, 0) is 13.0 Å². The molecule has 24 heavy (non-hydrogen) atoms. The van der Waals surface area contributed by atoms with Crippen LogP contribution in [0.5, 0.6) is 0 Å². The highest BCUT2D eigenvalue weighted by Crippen LogP contribution is 2.34. The van der Waals surface area contributed by atoms with Gasteiger partial charge < -0.3 is 9.88 Å². The van der Waals surface area contributed by atoms with Gasteiger partial charge in [0.25, 0.3) is 0 Å². The summed E-state index contributed by atoms with van der Waals surface area (Å²) < 4.78 is 0. The van der Waals surface area contributed by atoms with Crippen LogP contribution in [0.25, 0.3) is 0 Å². The van der Waals surface area contributed by atoms with Gasteiger partial charge in [0.2, 0.25) is 0 Å². The summed E-state index contributed by atoms with van der Waals surface area (Å²) in [5.41, 5.74) is 4.10. The van der Waals surface area contributed by atoms with Crippen LogP contribution in [0.2, 0.25) is 5.02 Å². The van der Waals surface area contributed by atoms with Gasteiger partial charge in [0.15, 0.2) is 0 Å². The van der Waals surface area contributed by atoms with Crippen LogP contribution >= 0.6 is 11.6 Å². The van der Waals surface area contributed by atoms with E-state index in [4.69, 9.17) is 11.6 Å². The second-order valence-electron chi connectivity index (χ2n) is 6.33. The van der Waals surface area contributed by atoms with Gasteiger partial charge in [-0.2, -0.15) is 0 Å². The molecule has 3 nitrogen and oxygen atoms in total. The highest BCUT2D eigenvalue weighted by molar-refractivity contribution is 6.30. The first kappa shape index (κ1) is 15.3. The molecule has 3 aromatic rings. The maximum Gasteiger partial charge on any atom is 0.125 e. The van der Waals surface area contributed by atoms with Gasteiger partial charge >= 0.3 is 0 Å². The van der Waals surface area contributed by atoms with Gasteiger partial charge in [0, 0.05) is 35.6 Å². The van der Waals surface area contributed by atoms with Crippen LogP contribution in [0.4, 0.5) is 5.69 Å². The summed E-state index contributed by atoms with van der Waals surface area (Å²) in [7, 11) is 0. The molecule has 0 saturated carbocycles. The van der Waals surface area contributed by atoms with E-state index >= 15 is 0 Å². The molecule has 122 valence electrons. The molecule has 4 rings (SSSR count). The number of anilines is 1. The van der Waals surface area contributed by atoms with Crippen LogP contribution < -0.4 is 4.90 Å². The maximum atomic E-state index is 6.06. The van der Waals surface area contributed by atoms with E-state index in [1.54, 1.807) is 0 Å². The summed E-state index contributed by atoms with van der Waals surface area (Å²) in [5, 5.41) is 0.795. The van der Waals surface area contributed by atoms with Gasteiger partial charge in [0.05, 0.1) is 6.54 Å².